The molecule has 0 saturated carbocycles. The quantitative estimate of drug-likeness (QED) is 0.827. The van der Waals surface area contributed by atoms with Gasteiger partial charge in [-0.05, 0) is 13.3 Å². The van der Waals surface area contributed by atoms with Gasteiger partial charge >= 0.3 is 0 Å². The predicted molar refractivity (Wildman–Crippen MR) is 82.6 cm³/mol. The van der Waals surface area contributed by atoms with E-state index in [0.717, 1.165) is 25.3 Å². The molecule has 0 unspecified atom stereocenters. The van der Waals surface area contributed by atoms with Gasteiger partial charge in [0, 0.05) is 13.1 Å². The van der Waals surface area contributed by atoms with Gasteiger partial charge in [-0.1, -0.05) is 46.2 Å². The van der Waals surface area contributed by atoms with E-state index >= 15 is 0 Å². The lowest BCUT2D eigenvalue weighted by atomic mass is 10.4. The summed E-state index contributed by atoms with van der Waals surface area (Å²) in [6, 6.07) is 1.89. The second kappa shape index (κ2) is 13.1. The third-order valence-corrected chi connectivity index (χ3v) is 2.29. The summed E-state index contributed by atoms with van der Waals surface area (Å²) >= 11 is 5.81. The first kappa shape index (κ1) is 20.0. The number of anilines is 1. The highest BCUT2D eigenvalue weighted by molar-refractivity contribution is 6.30. The average molecular weight is 285 g/mol. The Bertz CT molecular complexity index is 374. The number of aromatic nitrogens is 2. The Labute approximate surface area is 122 Å². The molecule has 0 aliphatic carbocycles. The number of hydrogen-bond donors (Lipinski definition) is 0. The third-order valence-electron chi connectivity index (χ3n) is 2.02. The highest BCUT2D eigenvalue weighted by Crippen LogP contribution is 2.16. The molecule has 0 aliphatic heterocycles. The lowest BCUT2D eigenvalue weighted by molar-refractivity contribution is 0.775. The van der Waals surface area contributed by atoms with Crippen molar-refractivity contribution in [2.45, 2.75) is 48.0 Å². The first-order valence-electron chi connectivity index (χ1n) is 6.90. The van der Waals surface area contributed by atoms with Crippen molar-refractivity contribution in [1.29, 1.82) is 5.26 Å². The van der Waals surface area contributed by atoms with E-state index in [1.165, 1.54) is 0 Å². The maximum atomic E-state index is 8.66. The maximum Gasteiger partial charge on any atom is 0.178 e. The topological polar surface area (TPSA) is 52.8 Å². The van der Waals surface area contributed by atoms with Crippen LogP contribution in [0.4, 0.5) is 5.82 Å². The van der Waals surface area contributed by atoms with Crippen molar-refractivity contribution in [2.75, 3.05) is 18.0 Å². The van der Waals surface area contributed by atoms with E-state index in [1.807, 2.05) is 40.7 Å². The minimum absolute atomic E-state index is 0.171. The first-order chi connectivity index (χ1) is 9.22. The molecule has 0 N–H and O–H groups in total. The van der Waals surface area contributed by atoms with Gasteiger partial charge in [-0.3, -0.25) is 0 Å². The Hall–Kier alpha value is -1.34. The van der Waals surface area contributed by atoms with Crippen molar-refractivity contribution in [3.8, 4) is 6.07 Å². The van der Waals surface area contributed by atoms with Crippen LogP contribution in [0.2, 0.25) is 5.15 Å². The molecule has 1 aromatic rings. The summed E-state index contributed by atoms with van der Waals surface area (Å²) in [4.78, 5) is 10.2. The van der Waals surface area contributed by atoms with E-state index in [9.17, 15) is 0 Å². The number of nitriles is 1. The second-order valence-electron chi connectivity index (χ2n) is 3.06. The van der Waals surface area contributed by atoms with Crippen molar-refractivity contribution in [3.05, 3.63) is 17.0 Å². The maximum absolute atomic E-state index is 8.66. The highest BCUT2D eigenvalue weighted by Gasteiger charge is 2.09. The Morgan fingerprint density at radius 2 is 1.84 bits per heavy atom. The molecule has 0 atom stereocenters. The van der Waals surface area contributed by atoms with Gasteiger partial charge in [0.1, 0.15) is 11.9 Å². The van der Waals surface area contributed by atoms with Gasteiger partial charge in [-0.15, -0.1) is 0 Å². The van der Waals surface area contributed by atoms with Crippen molar-refractivity contribution >= 4 is 17.4 Å². The molecule has 19 heavy (non-hydrogen) atoms. The minimum Gasteiger partial charge on any atom is -0.356 e. The molecule has 0 fully saturated rings. The standard InChI is InChI=1S/C10H13ClN4.2C2H6/c1-3-5-15(4-2)9-7-13-8(6-12)10(11)14-9;2*1-2/h7H,3-5H2,1-2H3;2*1-2H3. The van der Waals surface area contributed by atoms with Crippen LogP contribution in [-0.2, 0) is 0 Å². The van der Waals surface area contributed by atoms with E-state index in [-0.39, 0.29) is 10.8 Å². The fraction of sp³-hybridized carbons (Fsp3) is 0.643. The molecule has 1 heterocycles. The van der Waals surface area contributed by atoms with E-state index in [1.54, 1.807) is 6.20 Å². The summed E-state index contributed by atoms with van der Waals surface area (Å²) < 4.78 is 0. The third kappa shape index (κ3) is 6.97. The molecular weight excluding hydrogens is 260 g/mol. The van der Waals surface area contributed by atoms with Gasteiger partial charge in [-0.25, -0.2) is 9.97 Å². The summed E-state index contributed by atoms with van der Waals surface area (Å²) in [5, 5.41) is 8.83. The van der Waals surface area contributed by atoms with Crippen LogP contribution in [0.25, 0.3) is 0 Å². The van der Waals surface area contributed by atoms with E-state index in [2.05, 4.69) is 21.8 Å². The van der Waals surface area contributed by atoms with Crippen LogP contribution in [0.15, 0.2) is 6.20 Å². The molecule has 0 aromatic carbocycles. The lowest BCUT2D eigenvalue weighted by Crippen LogP contribution is -2.24. The van der Waals surface area contributed by atoms with Gasteiger partial charge in [0.15, 0.2) is 10.8 Å². The summed E-state index contributed by atoms with van der Waals surface area (Å²) in [7, 11) is 0. The van der Waals surface area contributed by atoms with E-state index in [4.69, 9.17) is 16.9 Å². The highest BCUT2D eigenvalue weighted by atomic mass is 35.5. The zero-order chi connectivity index (χ0) is 15.3. The molecule has 1 rings (SSSR count). The Morgan fingerprint density at radius 3 is 2.21 bits per heavy atom. The predicted octanol–water partition coefficient (Wildman–Crippen LogP) is 4.29. The molecule has 0 bridgehead atoms. The van der Waals surface area contributed by atoms with E-state index in [0.29, 0.717) is 0 Å². The minimum atomic E-state index is 0.171. The van der Waals surface area contributed by atoms with Crippen LogP contribution in [0, 0.1) is 11.3 Å². The van der Waals surface area contributed by atoms with Crippen LogP contribution < -0.4 is 4.90 Å². The molecule has 0 saturated heterocycles. The summed E-state index contributed by atoms with van der Waals surface area (Å²) in [6.07, 6.45) is 2.62. The van der Waals surface area contributed by atoms with E-state index < -0.39 is 0 Å². The van der Waals surface area contributed by atoms with Crippen molar-refractivity contribution in [3.63, 3.8) is 0 Å². The van der Waals surface area contributed by atoms with Gasteiger partial charge in [-0.2, -0.15) is 5.26 Å². The molecule has 108 valence electrons. The lowest BCUT2D eigenvalue weighted by Gasteiger charge is -2.20. The number of hydrogen-bond acceptors (Lipinski definition) is 4. The zero-order valence-electron chi connectivity index (χ0n) is 12.9. The molecule has 0 aliphatic rings. The molecule has 0 amide bonds. The van der Waals surface area contributed by atoms with Crippen molar-refractivity contribution in [1.82, 2.24) is 9.97 Å². The monoisotopic (exact) mass is 284 g/mol. The van der Waals surface area contributed by atoms with Crippen LogP contribution in [0.1, 0.15) is 53.7 Å². The molecular formula is C14H25ClN4. The molecule has 0 radical (unpaired) electrons. The fourth-order valence-corrected chi connectivity index (χ4v) is 1.47. The van der Waals surface area contributed by atoms with Crippen LogP contribution in [0.5, 0.6) is 0 Å². The van der Waals surface area contributed by atoms with Crippen LogP contribution >= 0.6 is 11.6 Å². The van der Waals surface area contributed by atoms with Crippen LogP contribution in [0.3, 0.4) is 0 Å². The largest absolute Gasteiger partial charge is 0.356 e. The van der Waals surface area contributed by atoms with Gasteiger partial charge in [0.25, 0.3) is 0 Å². The Balaban J connectivity index is 0. The number of rotatable bonds is 4. The molecule has 4 nitrogen and oxygen atoms in total. The van der Waals surface area contributed by atoms with Gasteiger partial charge in [0.2, 0.25) is 0 Å². The first-order valence-corrected chi connectivity index (χ1v) is 7.28. The van der Waals surface area contributed by atoms with Crippen molar-refractivity contribution in [2.24, 2.45) is 0 Å². The summed E-state index contributed by atoms with van der Waals surface area (Å²) in [5.74, 6) is 0.725. The molecule has 0 spiro atoms. The van der Waals surface area contributed by atoms with Gasteiger partial charge < -0.3 is 4.90 Å². The summed E-state index contributed by atoms with van der Waals surface area (Å²) in [6.45, 7) is 13.9. The zero-order valence-corrected chi connectivity index (χ0v) is 13.6. The molecule has 1 aromatic heterocycles. The van der Waals surface area contributed by atoms with Crippen molar-refractivity contribution < 1.29 is 0 Å². The average Bonchev–Trinajstić information content (AvgIpc) is 2.49. The normalized spacial score (nSPS) is 8.32. The number of nitrogens with zero attached hydrogens (tertiary/aromatic N) is 4. The van der Waals surface area contributed by atoms with Gasteiger partial charge in [0.05, 0.1) is 6.20 Å². The molecule has 5 heteroatoms. The SMILES string of the molecule is CC.CC.CCCN(CC)c1cnc(C#N)c(Cl)n1. The smallest absolute Gasteiger partial charge is 0.178 e. The Kier molecular flexibility index (Phi) is 13.8. The summed E-state index contributed by atoms with van der Waals surface area (Å²) in [5.41, 5.74) is 0.174. The number of halogens is 1. The fourth-order valence-electron chi connectivity index (χ4n) is 1.29. The second-order valence-corrected chi connectivity index (χ2v) is 3.42. The Morgan fingerprint density at radius 1 is 1.26 bits per heavy atom. The van der Waals surface area contributed by atoms with Crippen LogP contribution in [-0.4, -0.2) is 23.1 Å².